The molecule has 0 aliphatic heterocycles. The first-order valence-electron chi connectivity index (χ1n) is 4.15. The summed E-state index contributed by atoms with van der Waals surface area (Å²) in [5.41, 5.74) is 12.8. The zero-order valence-electron chi connectivity index (χ0n) is 7.57. The number of hydrogen-bond donors (Lipinski definition) is 4. The highest BCUT2D eigenvalue weighted by Gasteiger charge is 2.15. The van der Waals surface area contributed by atoms with Gasteiger partial charge in [0.25, 0.3) is 0 Å². The number of benzene rings is 1. The summed E-state index contributed by atoms with van der Waals surface area (Å²) in [5.74, 6) is 0. The molecule has 0 saturated carbocycles. The number of nitrogen functional groups attached to an aromatic ring is 1. The van der Waals surface area contributed by atoms with E-state index < -0.39 is 6.04 Å². The number of aliphatic hydroxyl groups excluding tert-OH is 2. The summed E-state index contributed by atoms with van der Waals surface area (Å²) in [6, 6.07) is 2.62. The molecule has 0 amide bonds. The Bertz CT molecular complexity index is 331. The van der Waals surface area contributed by atoms with E-state index in [2.05, 4.69) is 0 Å². The smallest absolute Gasteiger partial charge is 0.0685 e. The van der Waals surface area contributed by atoms with Crippen LogP contribution in [0.5, 0.6) is 0 Å². The van der Waals surface area contributed by atoms with E-state index in [-0.39, 0.29) is 13.2 Å². The summed E-state index contributed by atoms with van der Waals surface area (Å²) in [4.78, 5) is 0. The van der Waals surface area contributed by atoms with Crippen LogP contribution in [0.4, 0.5) is 5.69 Å². The molecule has 0 bridgehead atoms. The molecule has 78 valence electrons. The van der Waals surface area contributed by atoms with Crippen LogP contribution in [-0.4, -0.2) is 16.8 Å². The van der Waals surface area contributed by atoms with Gasteiger partial charge in [0.15, 0.2) is 0 Å². The first-order valence-corrected chi connectivity index (χ1v) is 4.53. The fourth-order valence-electron chi connectivity index (χ4n) is 1.32. The second-order valence-corrected chi connectivity index (χ2v) is 3.39. The van der Waals surface area contributed by atoms with Gasteiger partial charge in [-0.15, -0.1) is 0 Å². The molecule has 1 aromatic rings. The summed E-state index contributed by atoms with van der Waals surface area (Å²) in [7, 11) is 0. The van der Waals surface area contributed by atoms with Gasteiger partial charge in [-0.1, -0.05) is 17.7 Å². The molecule has 0 saturated heterocycles. The van der Waals surface area contributed by atoms with Crippen molar-refractivity contribution in [2.45, 2.75) is 12.6 Å². The molecule has 0 aliphatic carbocycles. The third-order valence-electron chi connectivity index (χ3n) is 2.06. The van der Waals surface area contributed by atoms with Crippen LogP contribution in [0.3, 0.4) is 0 Å². The Balaban J connectivity index is 3.27. The van der Waals surface area contributed by atoms with Gasteiger partial charge in [-0.3, -0.25) is 0 Å². The van der Waals surface area contributed by atoms with E-state index in [0.29, 0.717) is 21.8 Å². The highest BCUT2D eigenvalue weighted by atomic mass is 35.5. The highest BCUT2D eigenvalue weighted by molar-refractivity contribution is 6.33. The number of aliphatic hydroxyl groups is 2. The van der Waals surface area contributed by atoms with Crippen molar-refractivity contribution in [2.24, 2.45) is 5.73 Å². The molecule has 1 aromatic carbocycles. The van der Waals surface area contributed by atoms with Gasteiger partial charge >= 0.3 is 0 Å². The molecule has 6 N–H and O–H groups in total. The van der Waals surface area contributed by atoms with E-state index in [9.17, 15) is 0 Å². The van der Waals surface area contributed by atoms with E-state index in [1.54, 1.807) is 12.1 Å². The zero-order valence-corrected chi connectivity index (χ0v) is 8.33. The van der Waals surface area contributed by atoms with Crippen molar-refractivity contribution in [2.75, 3.05) is 12.3 Å². The Morgan fingerprint density at radius 3 is 2.50 bits per heavy atom. The second kappa shape index (κ2) is 4.61. The van der Waals surface area contributed by atoms with Crippen LogP contribution in [0, 0.1) is 0 Å². The largest absolute Gasteiger partial charge is 0.397 e. The molecule has 0 heterocycles. The summed E-state index contributed by atoms with van der Waals surface area (Å²) in [5, 5.41) is 18.3. The summed E-state index contributed by atoms with van der Waals surface area (Å²) in [6.07, 6.45) is 0. The van der Waals surface area contributed by atoms with Gasteiger partial charge in [0.2, 0.25) is 0 Å². The predicted molar refractivity (Wildman–Crippen MR) is 55.8 cm³/mol. The molecule has 0 aromatic heterocycles. The quantitative estimate of drug-likeness (QED) is 0.551. The third kappa shape index (κ3) is 1.99. The predicted octanol–water partition coefficient (Wildman–Crippen LogP) is 0.407. The van der Waals surface area contributed by atoms with Gasteiger partial charge < -0.3 is 21.7 Å². The SMILES string of the molecule is Nc1c(Cl)ccc(CO)c1[C@H](N)CO. The topological polar surface area (TPSA) is 92.5 Å². The molecular formula is C9H13ClN2O2. The van der Waals surface area contributed by atoms with Crippen molar-refractivity contribution in [1.29, 1.82) is 0 Å². The van der Waals surface area contributed by atoms with Gasteiger partial charge in [0.05, 0.1) is 30.0 Å². The first kappa shape index (κ1) is 11.3. The minimum Gasteiger partial charge on any atom is -0.397 e. The van der Waals surface area contributed by atoms with Gasteiger partial charge in [-0.2, -0.15) is 0 Å². The molecule has 1 rings (SSSR count). The van der Waals surface area contributed by atoms with Crippen molar-refractivity contribution < 1.29 is 10.2 Å². The standard InChI is InChI=1S/C9H13ClN2O2/c10-6-2-1-5(3-13)8(9(6)12)7(11)4-14/h1-2,7,13-14H,3-4,11-12H2/t7-/m1/s1. The Morgan fingerprint density at radius 2 is 2.00 bits per heavy atom. The lowest BCUT2D eigenvalue weighted by atomic mass is 10.00. The van der Waals surface area contributed by atoms with E-state index in [0.717, 1.165) is 0 Å². The molecule has 0 aliphatic rings. The minimum atomic E-state index is -0.615. The summed E-state index contributed by atoms with van der Waals surface area (Å²) < 4.78 is 0. The van der Waals surface area contributed by atoms with Crippen LogP contribution in [0.1, 0.15) is 17.2 Å². The van der Waals surface area contributed by atoms with Crippen LogP contribution in [0.2, 0.25) is 5.02 Å². The second-order valence-electron chi connectivity index (χ2n) is 2.98. The van der Waals surface area contributed by atoms with E-state index >= 15 is 0 Å². The molecule has 5 heteroatoms. The van der Waals surface area contributed by atoms with Gasteiger partial charge in [-0.05, 0) is 11.6 Å². The number of hydrogen-bond acceptors (Lipinski definition) is 4. The van der Waals surface area contributed by atoms with Crippen LogP contribution >= 0.6 is 11.6 Å². The van der Waals surface area contributed by atoms with Crippen LogP contribution in [0.15, 0.2) is 12.1 Å². The maximum absolute atomic E-state index is 9.04. The van der Waals surface area contributed by atoms with Gasteiger partial charge in [0.1, 0.15) is 0 Å². The first-order chi connectivity index (χ1) is 6.61. The molecular weight excluding hydrogens is 204 g/mol. The minimum absolute atomic E-state index is 0.176. The number of rotatable bonds is 3. The van der Waals surface area contributed by atoms with Crippen molar-refractivity contribution in [1.82, 2.24) is 0 Å². The zero-order chi connectivity index (χ0) is 10.7. The molecule has 0 radical (unpaired) electrons. The Morgan fingerprint density at radius 1 is 1.36 bits per heavy atom. The van der Waals surface area contributed by atoms with Crippen LogP contribution < -0.4 is 11.5 Å². The van der Waals surface area contributed by atoms with Crippen molar-refractivity contribution >= 4 is 17.3 Å². The number of halogens is 1. The van der Waals surface area contributed by atoms with E-state index in [4.69, 9.17) is 33.3 Å². The molecule has 0 spiro atoms. The highest BCUT2D eigenvalue weighted by Crippen LogP contribution is 2.29. The van der Waals surface area contributed by atoms with Gasteiger partial charge in [-0.25, -0.2) is 0 Å². The maximum Gasteiger partial charge on any atom is 0.0685 e. The Labute approximate surface area is 87.1 Å². The molecule has 4 nitrogen and oxygen atoms in total. The van der Waals surface area contributed by atoms with Gasteiger partial charge in [0, 0.05) is 5.56 Å². The third-order valence-corrected chi connectivity index (χ3v) is 2.39. The van der Waals surface area contributed by atoms with Crippen LogP contribution in [-0.2, 0) is 6.61 Å². The summed E-state index contributed by atoms with van der Waals surface area (Å²) >= 11 is 5.80. The Kier molecular flexibility index (Phi) is 3.71. The number of nitrogens with two attached hydrogens (primary N) is 2. The average Bonchev–Trinajstić information content (AvgIpc) is 2.20. The van der Waals surface area contributed by atoms with Crippen molar-refractivity contribution in [3.05, 3.63) is 28.3 Å². The lowest BCUT2D eigenvalue weighted by molar-refractivity contribution is 0.259. The van der Waals surface area contributed by atoms with E-state index in [1.165, 1.54) is 0 Å². The monoisotopic (exact) mass is 216 g/mol. The van der Waals surface area contributed by atoms with E-state index in [1.807, 2.05) is 0 Å². The molecule has 14 heavy (non-hydrogen) atoms. The normalized spacial score (nSPS) is 12.9. The van der Waals surface area contributed by atoms with Crippen molar-refractivity contribution in [3.8, 4) is 0 Å². The average molecular weight is 217 g/mol. The van der Waals surface area contributed by atoms with Crippen LogP contribution in [0.25, 0.3) is 0 Å². The lowest BCUT2D eigenvalue weighted by Crippen LogP contribution is -2.18. The summed E-state index contributed by atoms with van der Waals surface area (Å²) in [6.45, 7) is -0.415. The molecule has 0 fully saturated rings. The fourth-order valence-corrected chi connectivity index (χ4v) is 1.49. The number of anilines is 1. The van der Waals surface area contributed by atoms with Crippen molar-refractivity contribution in [3.63, 3.8) is 0 Å². The molecule has 1 atom stereocenters. The maximum atomic E-state index is 9.04. The Hall–Kier alpha value is -0.810. The lowest BCUT2D eigenvalue weighted by Gasteiger charge is -2.16. The fraction of sp³-hybridized carbons (Fsp3) is 0.333. The molecule has 0 unspecified atom stereocenters.